The molecule has 0 aromatic heterocycles. The highest BCUT2D eigenvalue weighted by molar-refractivity contribution is 5.85. The number of ether oxygens (including phenoxy) is 1. The molecule has 1 fully saturated rings. The van der Waals surface area contributed by atoms with Crippen molar-refractivity contribution in [1.82, 2.24) is 5.32 Å². The number of fused-ring (bicyclic) bond motifs is 1. The van der Waals surface area contributed by atoms with E-state index in [1.54, 1.807) is 0 Å². The molecule has 3 heteroatoms. The van der Waals surface area contributed by atoms with Gasteiger partial charge in [0.1, 0.15) is 11.4 Å². The van der Waals surface area contributed by atoms with Gasteiger partial charge in [0.05, 0.1) is 0 Å². The highest BCUT2D eigenvalue weighted by atomic mass is 35.5. The number of hydrogen-bond donors (Lipinski definition) is 1. The maximum atomic E-state index is 6.12. The van der Waals surface area contributed by atoms with Crippen molar-refractivity contribution in [1.29, 1.82) is 0 Å². The highest BCUT2D eigenvalue weighted by Crippen LogP contribution is 2.36. The summed E-state index contributed by atoms with van der Waals surface area (Å²) in [5.74, 6) is 1.10. The van der Waals surface area contributed by atoms with Gasteiger partial charge >= 0.3 is 0 Å². The lowest BCUT2D eigenvalue weighted by atomic mass is 9.90. The van der Waals surface area contributed by atoms with E-state index in [9.17, 15) is 0 Å². The maximum absolute atomic E-state index is 6.12. The third kappa shape index (κ3) is 1.84. The molecule has 1 aromatic carbocycles. The first-order valence-electron chi connectivity index (χ1n) is 5.36. The van der Waals surface area contributed by atoms with Crippen LogP contribution in [0.4, 0.5) is 0 Å². The van der Waals surface area contributed by atoms with E-state index in [2.05, 4.69) is 29.6 Å². The van der Waals surface area contributed by atoms with Gasteiger partial charge < -0.3 is 10.1 Å². The van der Waals surface area contributed by atoms with Gasteiger partial charge in [0, 0.05) is 13.0 Å². The van der Waals surface area contributed by atoms with Crippen LogP contribution in [0.25, 0.3) is 0 Å². The predicted octanol–water partition coefficient (Wildman–Crippen LogP) is 2.17. The minimum Gasteiger partial charge on any atom is -0.486 e. The van der Waals surface area contributed by atoms with Crippen LogP contribution in [-0.4, -0.2) is 18.7 Å². The van der Waals surface area contributed by atoms with Gasteiger partial charge in [-0.1, -0.05) is 18.2 Å². The second-order valence-corrected chi connectivity index (χ2v) is 4.32. The molecule has 3 rings (SSSR count). The molecule has 2 aliphatic rings. The van der Waals surface area contributed by atoms with Crippen molar-refractivity contribution in [2.24, 2.45) is 0 Å². The number of nitrogens with one attached hydrogen (secondary N) is 1. The van der Waals surface area contributed by atoms with Crippen LogP contribution in [0.15, 0.2) is 24.3 Å². The quantitative estimate of drug-likeness (QED) is 0.731. The number of rotatable bonds is 0. The van der Waals surface area contributed by atoms with E-state index in [1.807, 2.05) is 0 Å². The lowest BCUT2D eigenvalue weighted by Gasteiger charge is -2.34. The van der Waals surface area contributed by atoms with Gasteiger partial charge in [-0.25, -0.2) is 0 Å². The maximum Gasteiger partial charge on any atom is 0.123 e. The van der Waals surface area contributed by atoms with Gasteiger partial charge in [0.15, 0.2) is 0 Å². The fraction of sp³-hybridized carbons (Fsp3) is 0.500. The van der Waals surface area contributed by atoms with E-state index in [-0.39, 0.29) is 18.0 Å². The Kier molecular flexibility index (Phi) is 2.89. The molecule has 0 saturated carbocycles. The zero-order chi connectivity index (χ0) is 9.43. The molecule has 0 radical (unpaired) electrons. The minimum atomic E-state index is 0. The molecule has 1 saturated heterocycles. The Morgan fingerprint density at radius 3 is 2.87 bits per heavy atom. The molecule has 1 atom stereocenters. The van der Waals surface area contributed by atoms with Crippen LogP contribution < -0.4 is 10.1 Å². The molecule has 82 valence electrons. The number of hydrogen-bond acceptors (Lipinski definition) is 2. The SMILES string of the molecule is Cl.c1ccc2c(c1)CCC1(CCNC1)O2. The summed E-state index contributed by atoms with van der Waals surface area (Å²) in [4.78, 5) is 0. The van der Waals surface area contributed by atoms with Crippen molar-refractivity contribution >= 4 is 12.4 Å². The number of benzene rings is 1. The molecular weight excluding hydrogens is 210 g/mol. The number of para-hydroxylation sites is 1. The molecule has 2 nitrogen and oxygen atoms in total. The minimum absolute atomic E-state index is 0. The Bertz CT molecular complexity index is 347. The van der Waals surface area contributed by atoms with E-state index in [0.29, 0.717) is 0 Å². The second-order valence-electron chi connectivity index (χ2n) is 4.32. The fourth-order valence-corrected chi connectivity index (χ4v) is 2.48. The summed E-state index contributed by atoms with van der Waals surface area (Å²) in [5.41, 5.74) is 1.47. The smallest absolute Gasteiger partial charge is 0.123 e. The first-order chi connectivity index (χ1) is 6.88. The molecule has 0 aliphatic carbocycles. The van der Waals surface area contributed by atoms with Crippen LogP contribution in [0, 0.1) is 0 Å². The lowest BCUT2D eigenvalue weighted by Crippen LogP contribution is -2.41. The second kappa shape index (κ2) is 4.03. The molecule has 0 bridgehead atoms. The van der Waals surface area contributed by atoms with Gasteiger partial charge in [0.2, 0.25) is 0 Å². The van der Waals surface area contributed by atoms with Crippen LogP contribution in [0.2, 0.25) is 0 Å². The van der Waals surface area contributed by atoms with Crippen molar-refractivity contribution in [3.63, 3.8) is 0 Å². The lowest BCUT2D eigenvalue weighted by molar-refractivity contribution is 0.0665. The van der Waals surface area contributed by atoms with E-state index < -0.39 is 0 Å². The van der Waals surface area contributed by atoms with Crippen LogP contribution in [0.1, 0.15) is 18.4 Å². The monoisotopic (exact) mass is 225 g/mol. The highest BCUT2D eigenvalue weighted by Gasteiger charge is 2.38. The summed E-state index contributed by atoms with van der Waals surface area (Å²) >= 11 is 0. The predicted molar refractivity (Wildman–Crippen MR) is 62.9 cm³/mol. The first-order valence-corrected chi connectivity index (χ1v) is 5.36. The van der Waals surface area contributed by atoms with Crippen molar-refractivity contribution in [3.05, 3.63) is 29.8 Å². The summed E-state index contributed by atoms with van der Waals surface area (Å²) in [6.45, 7) is 2.11. The third-order valence-corrected chi connectivity index (χ3v) is 3.35. The van der Waals surface area contributed by atoms with E-state index in [4.69, 9.17) is 4.74 Å². The number of aryl methyl sites for hydroxylation is 1. The Hall–Kier alpha value is -0.730. The largest absolute Gasteiger partial charge is 0.486 e. The van der Waals surface area contributed by atoms with Crippen molar-refractivity contribution in [2.75, 3.05) is 13.1 Å². The van der Waals surface area contributed by atoms with E-state index >= 15 is 0 Å². The number of halogens is 1. The van der Waals surface area contributed by atoms with Crippen LogP contribution in [0.3, 0.4) is 0 Å². The molecule has 2 aliphatic heterocycles. The van der Waals surface area contributed by atoms with E-state index in [0.717, 1.165) is 38.1 Å². The summed E-state index contributed by atoms with van der Waals surface area (Å²) < 4.78 is 6.12. The van der Waals surface area contributed by atoms with Gasteiger partial charge in [-0.05, 0) is 31.0 Å². The Morgan fingerprint density at radius 1 is 1.20 bits per heavy atom. The van der Waals surface area contributed by atoms with Gasteiger partial charge in [-0.3, -0.25) is 0 Å². The van der Waals surface area contributed by atoms with Gasteiger partial charge in [0.25, 0.3) is 0 Å². The zero-order valence-corrected chi connectivity index (χ0v) is 9.48. The average molecular weight is 226 g/mol. The molecule has 1 spiro atoms. The average Bonchev–Trinajstić information content (AvgIpc) is 2.66. The Balaban J connectivity index is 0.000000853. The van der Waals surface area contributed by atoms with Crippen molar-refractivity contribution in [2.45, 2.75) is 24.9 Å². The molecule has 1 unspecified atom stereocenters. The third-order valence-electron chi connectivity index (χ3n) is 3.35. The van der Waals surface area contributed by atoms with Crippen molar-refractivity contribution in [3.8, 4) is 5.75 Å². The Morgan fingerprint density at radius 2 is 2.07 bits per heavy atom. The zero-order valence-electron chi connectivity index (χ0n) is 8.66. The molecule has 0 amide bonds. The first kappa shape index (κ1) is 10.8. The molecule has 15 heavy (non-hydrogen) atoms. The molecule has 2 heterocycles. The molecular formula is C12H16ClNO. The van der Waals surface area contributed by atoms with Crippen molar-refractivity contribution < 1.29 is 4.74 Å². The van der Waals surface area contributed by atoms with Gasteiger partial charge in [-0.15, -0.1) is 12.4 Å². The summed E-state index contributed by atoms with van der Waals surface area (Å²) in [5, 5.41) is 3.39. The van der Waals surface area contributed by atoms with Crippen LogP contribution in [-0.2, 0) is 6.42 Å². The Labute approximate surface area is 96.4 Å². The normalized spacial score (nSPS) is 28.0. The molecule has 1 aromatic rings. The summed E-state index contributed by atoms with van der Waals surface area (Å²) in [6.07, 6.45) is 3.48. The fourth-order valence-electron chi connectivity index (χ4n) is 2.48. The van der Waals surface area contributed by atoms with Crippen LogP contribution in [0.5, 0.6) is 5.75 Å². The molecule has 1 N–H and O–H groups in total. The standard InChI is InChI=1S/C12H15NO.ClH/c1-2-4-11-10(3-1)5-6-12(14-11)7-8-13-9-12;/h1-4,13H,5-9H2;1H. The topological polar surface area (TPSA) is 21.3 Å². The summed E-state index contributed by atoms with van der Waals surface area (Å²) in [7, 11) is 0. The van der Waals surface area contributed by atoms with E-state index in [1.165, 1.54) is 5.56 Å². The van der Waals surface area contributed by atoms with Gasteiger partial charge in [-0.2, -0.15) is 0 Å². The van der Waals surface area contributed by atoms with Crippen LogP contribution >= 0.6 is 12.4 Å². The summed E-state index contributed by atoms with van der Waals surface area (Å²) in [6, 6.07) is 8.41.